The average Bonchev–Trinajstić information content (AvgIpc) is 2.60. The smallest absolute Gasteiger partial charge is 0.337 e. The van der Waals surface area contributed by atoms with Gasteiger partial charge in [0.25, 0.3) is 5.91 Å². The summed E-state index contributed by atoms with van der Waals surface area (Å²) in [6.07, 6.45) is 0. The molecule has 24 heavy (non-hydrogen) atoms. The monoisotopic (exact) mass is 333 g/mol. The highest BCUT2D eigenvalue weighted by molar-refractivity contribution is 6.05. The van der Waals surface area contributed by atoms with Crippen LogP contribution in [-0.2, 0) is 4.74 Å². The molecule has 2 aromatic rings. The lowest BCUT2D eigenvalue weighted by molar-refractivity contribution is 0.0600. The van der Waals surface area contributed by atoms with Gasteiger partial charge < -0.3 is 19.5 Å². The van der Waals surface area contributed by atoms with Gasteiger partial charge in [-0.15, -0.1) is 0 Å². The zero-order valence-electron chi connectivity index (χ0n) is 13.4. The Labute approximate surface area is 138 Å². The number of anilines is 1. The predicted octanol–water partition coefficient (Wildman–Crippen LogP) is 2.88. The molecule has 0 heterocycles. The summed E-state index contributed by atoms with van der Waals surface area (Å²) in [5.41, 5.74) is 0.606. The Kier molecular flexibility index (Phi) is 5.36. The molecule has 0 aliphatic carbocycles. The van der Waals surface area contributed by atoms with E-state index in [2.05, 4.69) is 10.1 Å². The second-order valence-corrected chi connectivity index (χ2v) is 4.71. The van der Waals surface area contributed by atoms with Crippen molar-refractivity contribution in [3.63, 3.8) is 0 Å². The number of nitrogens with one attached hydrogen (secondary N) is 1. The Morgan fingerprint density at radius 3 is 2.12 bits per heavy atom. The SMILES string of the molecule is COC(=O)c1ccc(OC)c(NC(=O)c2ccc(OC)c(F)c2)c1. The molecule has 6 nitrogen and oxygen atoms in total. The van der Waals surface area contributed by atoms with E-state index in [-0.39, 0.29) is 22.6 Å². The summed E-state index contributed by atoms with van der Waals surface area (Å²) in [6, 6.07) is 8.29. The van der Waals surface area contributed by atoms with Gasteiger partial charge in [-0.25, -0.2) is 9.18 Å². The van der Waals surface area contributed by atoms with Gasteiger partial charge in [0, 0.05) is 5.56 Å². The molecule has 1 amide bonds. The van der Waals surface area contributed by atoms with Gasteiger partial charge in [-0.1, -0.05) is 0 Å². The van der Waals surface area contributed by atoms with Gasteiger partial charge in [-0.2, -0.15) is 0 Å². The Morgan fingerprint density at radius 1 is 0.917 bits per heavy atom. The first-order chi connectivity index (χ1) is 11.5. The summed E-state index contributed by atoms with van der Waals surface area (Å²) < 4.78 is 28.3. The molecule has 0 saturated heterocycles. The summed E-state index contributed by atoms with van der Waals surface area (Å²) in [6.45, 7) is 0. The minimum Gasteiger partial charge on any atom is -0.495 e. The van der Waals surface area contributed by atoms with Gasteiger partial charge in [0.2, 0.25) is 0 Å². The predicted molar refractivity (Wildman–Crippen MR) is 85.2 cm³/mol. The van der Waals surface area contributed by atoms with Crippen molar-refractivity contribution in [2.75, 3.05) is 26.6 Å². The summed E-state index contributed by atoms with van der Waals surface area (Å²) in [4.78, 5) is 23.9. The van der Waals surface area contributed by atoms with Crippen LogP contribution < -0.4 is 14.8 Å². The molecular formula is C17H16FNO5. The summed E-state index contributed by atoms with van der Waals surface area (Å²) in [7, 11) is 4.02. The fourth-order valence-corrected chi connectivity index (χ4v) is 2.05. The van der Waals surface area contributed by atoms with E-state index in [1.807, 2.05) is 0 Å². The third-order valence-electron chi connectivity index (χ3n) is 3.28. The fourth-order valence-electron chi connectivity index (χ4n) is 2.05. The molecule has 126 valence electrons. The largest absolute Gasteiger partial charge is 0.495 e. The molecule has 0 spiro atoms. The first kappa shape index (κ1) is 17.3. The van der Waals surface area contributed by atoms with Crippen LogP contribution in [0.3, 0.4) is 0 Å². The maximum atomic E-state index is 13.7. The van der Waals surface area contributed by atoms with Crippen molar-refractivity contribution in [2.45, 2.75) is 0 Å². The number of rotatable bonds is 5. The Balaban J connectivity index is 2.30. The second kappa shape index (κ2) is 7.45. The number of benzene rings is 2. The normalized spacial score (nSPS) is 10.0. The Bertz CT molecular complexity index is 776. The number of methoxy groups -OCH3 is 3. The molecule has 0 unspecified atom stereocenters. The molecule has 0 fully saturated rings. The molecule has 0 atom stereocenters. The molecular weight excluding hydrogens is 317 g/mol. The van der Waals surface area contributed by atoms with E-state index in [1.165, 1.54) is 51.7 Å². The molecule has 0 aromatic heterocycles. The summed E-state index contributed by atoms with van der Waals surface area (Å²) in [5, 5.41) is 2.58. The van der Waals surface area contributed by atoms with E-state index in [1.54, 1.807) is 0 Å². The molecule has 0 aliphatic rings. The lowest BCUT2D eigenvalue weighted by Gasteiger charge is -2.12. The maximum Gasteiger partial charge on any atom is 0.337 e. The maximum absolute atomic E-state index is 13.7. The van der Waals surface area contributed by atoms with Crippen LogP contribution in [0.25, 0.3) is 0 Å². The minimum absolute atomic E-state index is 0.0387. The topological polar surface area (TPSA) is 73.9 Å². The minimum atomic E-state index is -0.652. The van der Waals surface area contributed by atoms with Crippen LogP contribution in [-0.4, -0.2) is 33.2 Å². The van der Waals surface area contributed by atoms with Crippen LogP contribution >= 0.6 is 0 Å². The zero-order valence-corrected chi connectivity index (χ0v) is 13.4. The number of esters is 1. The first-order valence-corrected chi connectivity index (χ1v) is 6.91. The van der Waals surface area contributed by atoms with Gasteiger partial charge in [-0.3, -0.25) is 4.79 Å². The molecule has 0 bridgehead atoms. The number of hydrogen-bond donors (Lipinski definition) is 1. The van der Waals surface area contributed by atoms with Crippen LogP contribution in [0.4, 0.5) is 10.1 Å². The number of carbonyl (C=O) groups excluding carboxylic acids is 2. The second-order valence-electron chi connectivity index (χ2n) is 4.71. The lowest BCUT2D eigenvalue weighted by atomic mass is 10.1. The quantitative estimate of drug-likeness (QED) is 0.852. The van der Waals surface area contributed by atoms with Crippen molar-refractivity contribution in [3.05, 3.63) is 53.3 Å². The molecule has 0 radical (unpaired) electrons. The van der Waals surface area contributed by atoms with Crippen LogP contribution in [0.1, 0.15) is 20.7 Å². The zero-order chi connectivity index (χ0) is 17.7. The average molecular weight is 333 g/mol. The highest BCUT2D eigenvalue weighted by Gasteiger charge is 2.15. The molecule has 0 aliphatic heterocycles. The van der Waals surface area contributed by atoms with E-state index in [0.29, 0.717) is 5.75 Å². The van der Waals surface area contributed by atoms with Crippen molar-refractivity contribution >= 4 is 17.6 Å². The Hall–Kier alpha value is -3.09. The van der Waals surface area contributed by atoms with Crippen molar-refractivity contribution in [2.24, 2.45) is 0 Å². The van der Waals surface area contributed by atoms with Crippen molar-refractivity contribution in [3.8, 4) is 11.5 Å². The molecule has 2 aromatic carbocycles. The van der Waals surface area contributed by atoms with E-state index >= 15 is 0 Å². The first-order valence-electron chi connectivity index (χ1n) is 6.91. The van der Waals surface area contributed by atoms with Gasteiger partial charge in [0.05, 0.1) is 32.6 Å². The fraction of sp³-hybridized carbons (Fsp3) is 0.176. The molecule has 2 rings (SSSR count). The van der Waals surface area contributed by atoms with E-state index in [4.69, 9.17) is 9.47 Å². The van der Waals surface area contributed by atoms with Crippen molar-refractivity contribution < 1.29 is 28.2 Å². The summed E-state index contributed by atoms with van der Waals surface area (Å²) in [5.74, 6) is -1.37. The standard InChI is InChI=1S/C17H16FNO5/c1-22-14-6-4-10(8-12(14)18)16(20)19-13-9-11(17(21)24-3)5-7-15(13)23-2/h4-9H,1-3H3,(H,19,20). The number of ether oxygens (including phenoxy) is 3. The molecule has 7 heteroatoms. The van der Waals surface area contributed by atoms with Crippen molar-refractivity contribution in [1.82, 2.24) is 0 Å². The van der Waals surface area contributed by atoms with E-state index in [0.717, 1.165) is 6.07 Å². The van der Waals surface area contributed by atoms with Crippen LogP contribution in [0.2, 0.25) is 0 Å². The molecule has 0 saturated carbocycles. The highest BCUT2D eigenvalue weighted by Crippen LogP contribution is 2.27. The van der Waals surface area contributed by atoms with Gasteiger partial charge >= 0.3 is 5.97 Å². The van der Waals surface area contributed by atoms with Gasteiger partial charge in [0.1, 0.15) is 5.75 Å². The third kappa shape index (κ3) is 3.62. The van der Waals surface area contributed by atoms with Gasteiger partial charge in [0.15, 0.2) is 11.6 Å². The van der Waals surface area contributed by atoms with Crippen LogP contribution in [0.15, 0.2) is 36.4 Å². The van der Waals surface area contributed by atoms with Gasteiger partial charge in [-0.05, 0) is 36.4 Å². The van der Waals surface area contributed by atoms with E-state index < -0.39 is 17.7 Å². The van der Waals surface area contributed by atoms with E-state index in [9.17, 15) is 14.0 Å². The number of halogens is 1. The Morgan fingerprint density at radius 2 is 1.54 bits per heavy atom. The number of amides is 1. The molecule has 1 N–H and O–H groups in total. The number of carbonyl (C=O) groups is 2. The van der Waals surface area contributed by atoms with Crippen LogP contribution in [0.5, 0.6) is 11.5 Å². The summed E-state index contributed by atoms with van der Waals surface area (Å²) >= 11 is 0. The highest BCUT2D eigenvalue weighted by atomic mass is 19.1. The van der Waals surface area contributed by atoms with Crippen LogP contribution in [0, 0.1) is 5.82 Å². The number of hydrogen-bond acceptors (Lipinski definition) is 5. The third-order valence-corrected chi connectivity index (χ3v) is 3.28. The van der Waals surface area contributed by atoms with Crippen molar-refractivity contribution in [1.29, 1.82) is 0 Å². The lowest BCUT2D eigenvalue weighted by Crippen LogP contribution is -2.14.